The Balaban J connectivity index is 1.54. The molecule has 0 amide bonds. The first-order chi connectivity index (χ1) is 18.4. The number of halogens is 2. The molecule has 0 aromatic heterocycles. The summed E-state index contributed by atoms with van der Waals surface area (Å²) in [7, 11) is 3.26. The molecule has 6 nitrogen and oxygen atoms in total. The Morgan fingerprint density at radius 3 is 2.16 bits per heavy atom. The lowest BCUT2D eigenvalue weighted by molar-refractivity contribution is -0.117. The molecular formula is C30H31Cl2NO5. The number of nitrogens with zero attached hydrogens (tertiary/aromatic N) is 1. The van der Waals surface area contributed by atoms with E-state index in [4.69, 9.17) is 37.4 Å². The van der Waals surface area contributed by atoms with Crippen LogP contribution in [-0.2, 0) is 20.9 Å². The molecular weight excluding hydrogens is 525 g/mol. The van der Waals surface area contributed by atoms with Crippen LogP contribution in [-0.4, -0.2) is 43.8 Å². The summed E-state index contributed by atoms with van der Waals surface area (Å²) < 4.78 is 17.1. The predicted molar refractivity (Wildman–Crippen MR) is 147 cm³/mol. The van der Waals surface area contributed by atoms with E-state index in [9.17, 15) is 9.59 Å². The average molecular weight is 556 g/mol. The molecule has 5 rings (SSSR count). The summed E-state index contributed by atoms with van der Waals surface area (Å²) in [6.45, 7) is 1.40. The van der Waals surface area contributed by atoms with Gasteiger partial charge in [0.05, 0.1) is 13.7 Å². The maximum absolute atomic E-state index is 13.4. The average Bonchev–Trinajstić information content (AvgIpc) is 2.91. The number of ether oxygens (including phenoxy) is 3. The summed E-state index contributed by atoms with van der Waals surface area (Å²) in [5.41, 5.74) is 5.21. The van der Waals surface area contributed by atoms with Gasteiger partial charge in [-0.3, -0.25) is 9.59 Å². The normalized spacial score (nSPS) is 18.1. The molecule has 2 aromatic carbocycles. The van der Waals surface area contributed by atoms with Gasteiger partial charge in [-0.1, -0.05) is 35.3 Å². The van der Waals surface area contributed by atoms with Crippen molar-refractivity contribution in [3.8, 4) is 11.5 Å². The second kappa shape index (κ2) is 11.5. The molecule has 0 spiro atoms. The minimum atomic E-state index is -0.409. The van der Waals surface area contributed by atoms with E-state index in [1.165, 1.54) is 0 Å². The molecule has 0 unspecified atom stereocenters. The van der Waals surface area contributed by atoms with Crippen LogP contribution in [0.15, 0.2) is 58.9 Å². The Labute approximate surface area is 233 Å². The van der Waals surface area contributed by atoms with Gasteiger partial charge in [-0.15, -0.1) is 0 Å². The van der Waals surface area contributed by atoms with Crippen molar-refractivity contribution in [1.29, 1.82) is 0 Å². The van der Waals surface area contributed by atoms with Gasteiger partial charge in [-0.2, -0.15) is 0 Å². The number of allylic oxidation sites excluding steroid dienone is 4. The highest BCUT2D eigenvalue weighted by Gasteiger charge is 2.43. The highest BCUT2D eigenvalue weighted by atomic mass is 35.5. The summed E-state index contributed by atoms with van der Waals surface area (Å²) in [6.07, 6.45) is 4.23. The number of ketones is 2. The van der Waals surface area contributed by atoms with Crippen molar-refractivity contribution in [2.24, 2.45) is 0 Å². The van der Waals surface area contributed by atoms with E-state index in [0.29, 0.717) is 47.5 Å². The Morgan fingerprint density at radius 1 is 0.868 bits per heavy atom. The van der Waals surface area contributed by atoms with Gasteiger partial charge in [0, 0.05) is 70.6 Å². The Hall–Kier alpha value is -2.80. The van der Waals surface area contributed by atoms with Crippen molar-refractivity contribution < 1.29 is 23.8 Å². The molecule has 3 aliphatic rings. The summed E-state index contributed by atoms with van der Waals surface area (Å²) >= 11 is 12.3. The third-order valence-corrected chi connectivity index (χ3v) is 8.11. The Kier molecular flexibility index (Phi) is 8.12. The fourth-order valence-corrected chi connectivity index (χ4v) is 6.24. The summed E-state index contributed by atoms with van der Waals surface area (Å²) in [4.78, 5) is 29.0. The number of carbonyl (C=O) groups excluding carboxylic acids is 2. The quantitative estimate of drug-likeness (QED) is 0.363. The molecule has 2 aromatic rings. The smallest absolute Gasteiger partial charge is 0.161 e. The molecule has 200 valence electrons. The highest BCUT2D eigenvalue weighted by Crippen LogP contribution is 2.50. The van der Waals surface area contributed by atoms with Gasteiger partial charge in [-0.05, 0) is 55.5 Å². The van der Waals surface area contributed by atoms with Crippen LogP contribution >= 0.6 is 23.2 Å². The second-order valence-electron chi connectivity index (χ2n) is 9.79. The molecule has 38 heavy (non-hydrogen) atoms. The number of methoxy groups -OCH3 is 2. The molecule has 0 saturated carbocycles. The molecule has 2 aliphatic carbocycles. The van der Waals surface area contributed by atoms with Crippen molar-refractivity contribution in [2.75, 3.05) is 27.4 Å². The summed E-state index contributed by atoms with van der Waals surface area (Å²) in [5.74, 6) is 0.895. The van der Waals surface area contributed by atoms with Crippen LogP contribution in [0, 0.1) is 0 Å². The molecule has 1 heterocycles. The SMILES string of the molecule is COCCN1C2=C(C(=O)CCC2)C(c2ccc(OCc3ccc(Cl)cc3Cl)c(OC)c2)C2=C1CCCC2=O. The fourth-order valence-electron chi connectivity index (χ4n) is 5.78. The zero-order chi connectivity index (χ0) is 26.8. The lowest BCUT2D eigenvalue weighted by atomic mass is 9.71. The summed E-state index contributed by atoms with van der Waals surface area (Å²) in [5, 5.41) is 1.09. The maximum atomic E-state index is 13.4. The number of Topliss-reactive ketones (excluding diaryl/α,β-unsaturated/α-hetero) is 2. The molecule has 0 saturated heterocycles. The van der Waals surface area contributed by atoms with Crippen molar-refractivity contribution in [3.63, 3.8) is 0 Å². The van der Waals surface area contributed by atoms with E-state index in [-0.39, 0.29) is 18.2 Å². The molecule has 0 N–H and O–H groups in total. The lowest BCUT2D eigenvalue weighted by Gasteiger charge is -2.44. The topological polar surface area (TPSA) is 65.1 Å². The van der Waals surface area contributed by atoms with E-state index in [1.54, 1.807) is 26.4 Å². The van der Waals surface area contributed by atoms with Gasteiger partial charge in [0.15, 0.2) is 23.1 Å². The monoisotopic (exact) mass is 555 g/mol. The number of benzene rings is 2. The minimum absolute atomic E-state index is 0.111. The zero-order valence-electron chi connectivity index (χ0n) is 21.6. The van der Waals surface area contributed by atoms with Crippen LogP contribution in [0.2, 0.25) is 10.0 Å². The Morgan fingerprint density at radius 2 is 1.55 bits per heavy atom. The molecule has 0 atom stereocenters. The van der Waals surface area contributed by atoms with Gasteiger partial charge in [0.1, 0.15) is 6.61 Å². The number of rotatable bonds is 8. The van der Waals surface area contributed by atoms with Gasteiger partial charge in [0.25, 0.3) is 0 Å². The molecule has 0 bridgehead atoms. The van der Waals surface area contributed by atoms with E-state index < -0.39 is 5.92 Å². The van der Waals surface area contributed by atoms with Crippen LogP contribution in [0.4, 0.5) is 0 Å². The van der Waals surface area contributed by atoms with E-state index in [0.717, 1.165) is 59.4 Å². The van der Waals surface area contributed by atoms with Crippen molar-refractivity contribution in [2.45, 2.75) is 51.0 Å². The van der Waals surface area contributed by atoms with E-state index in [1.807, 2.05) is 24.3 Å². The molecule has 8 heteroatoms. The van der Waals surface area contributed by atoms with Crippen molar-refractivity contribution in [1.82, 2.24) is 4.90 Å². The van der Waals surface area contributed by atoms with Crippen molar-refractivity contribution >= 4 is 34.8 Å². The third-order valence-electron chi connectivity index (χ3n) is 7.52. The summed E-state index contributed by atoms with van der Waals surface area (Å²) in [6, 6.07) is 11.0. The first-order valence-electron chi connectivity index (χ1n) is 13.0. The standard InChI is InChI=1S/C30H31Cl2NO5/c1-36-14-13-33-22-5-3-7-24(34)29(22)28(30-23(33)6-4-8-25(30)35)18-10-12-26(27(15-18)37-2)38-17-19-9-11-20(31)16-21(19)32/h9-12,15-16,28H,3-8,13-14,17H2,1-2H3. The largest absolute Gasteiger partial charge is 0.493 e. The molecule has 1 aliphatic heterocycles. The number of hydrogen-bond acceptors (Lipinski definition) is 6. The van der Waals surface area contributed by atoms with Crippen molar-refractivity contribution in [3.05, 3.63) is 80.1 Å². The van der Waals surface area contributed by atoms with Gasteiger partial charge >= 0.3 is 0 Å². The molecule has 0 radical (unpaired) electrons. The van der Waals surface area contributed by atoms with E-state index >= 15 is 0 Å². The van der Waals surface area contributed by atoms with Gasteiger partial charge in [-0.25, -0.2) is 0 Å². The number of hydrogen-bond donors (Lipinski definition) is 0. The Bertz CT molecular complexity index is 1290. The highest BCUT2D eigenvalue weighted by molar-refractivity contribution is 6.35. The van der Waals surface area contributed by atoms with Crippen LogP contribution in [0.1, 0.15) is 55.6 Å². The third kappa shape index (κ3) is 5.09. The lowest BCUT2D eigenvalue weighted by Crippen LogP contribution is -2.40. The second-order valence-corrected chi connectivity index (χ2v) is 10.6. The first kappa shape index (κ1) is 26.8. The number of carbonyl (C=O) groups is 2. The predicted octanol–water partition coefficient (Wildman–Crippen LogP) is 6.64. The van der Waals surface area contributed by atoms with Crippen LogP contribution in [0.3, 0.4) is 0 Å². The van der Waals surface area contributed by atoms with E-state index in [2.05, 4.69) is 4.90 Å². The zero-order valence-corrected chi connectivity index (χ0v) is 23.2. The van der Waals surface area contributed by atoms with Crippen LogP contribution in [0.5, 0.6) is 11.5 Å². The fraction of sp³-hybridized carbons (Fsp3) is 0.400. The minimum Gasteiger partial charge on any atom is -0.493 e. The van der Waals surface area contributed by atoms with Crippen LogP contribution < -0.4 is 9.47 Å². The first-order valence-corrected chi connectivity index (χ1v) is 13.7. The van der Waals surface area contributed by atoms with Gasteiger partial charge in [0.2, 0.25) is 0 Å². The van der Waals surface area contributed by atoms with Gasteiger partial charge < -0.3 is 19.1 Å². The van der Waals surface area contributed by atoms with Crippen LogP contribution in [0.25, 0.3) is 0 Å². The molecule has 0 fully saturated rings. The maximum Gasteiger partial charge on any atom is 0.161 e.